The molecule has 0 spiro atoms. The maximum atomic E-state index is 10.5. The van der Waals surface area contributed by atoms with Crippen molar-refractivity contribution in [1.29, 1.82) is 0 Å². The SMILES string of the molecule is O=C([O-])CN(CCN(CC(=O)[O-])CC(=O)O)CC(=O)[O-].[K+]. The Morgan fingerprint density at radius 1 is 0.714 bits per heavy atom. The summed E-state index contributed by atoms with van der Waals surface area (Å²) in [6.07, 6.45) is 0. The molecule has 0 aliphatic carbocycles. The summed E-state index contributed by atoms with van der Waals surface area (Å²) in [6, 6.07) is 0. The summed E-state index contributed by atoms with van der Waals surface area (Å²) in [5, 5.41) is 39.8. The van der Waals surface area contributed by atoms with E-state index in [-0.39, 0.29) is 64.5 Å². The van der Waals surface area contributed by atoms with E-state index in [1.165, 1.54) is 0 Å². The number of carbonyl (C=O) groups excluding carboxylic acids is 3. The fraction of sp³-hybridized carbons (Fsp3) is 0.600. The van der Waals surface area contributed by atoms with Crippen LogP contribution < -0.4 is 66.7 Å². The Hall–Kier alpha value is -0.564. The van der Waals surface area contributed by atoms with Gasteiger partial charge in [0, 0.05) is 32.7 Å². The van der Waals surface area contributed by atoms with E-state index in [4.69, 9.17) is 5.11 Å². The Morgan fingerprint density at radius 2 is 1.00 bits per heavy atom. The van der Waals surface area contributed by atoms with Crippen LogP contribution in [0.1, 0.15) is 0 Å². The molecule has 0 aliphatic rings. The van der Waals surface area contributed by atoms with Crippen molar-refractivity contribution in [3.05, 3.63) is 0 Å². The second-order valence-corrected chi connectivity index (χ2v) is 3.93. The molecular formula is C10H13KN2O8-2. The van der Waals surface area contributed by atoms with Crippen molar-refractivity contribution in [2.45, 2.75) is 0 Å². The van der Waals surface area contributed by atoms with Crippen LogP contribution in [-0.4, -0.2) is 78.1 Å². The molecule has 0 saturated heterocycles. The largest absolute Gasteiger partial charge is 1.00 e. The monoisotopic (exact) mass is 328 g/mol. The third-order valence-corrected chi connectivity index (χ3v) is 2.15. The van der Waals surface area contributed by atoms with Gasteiger partial charge in [0.15, 0.2) is 0 Å². The van der Waals surface area contributed by atoms with Gasteiger partial charge >= 0.3 is 57.4 Å². The molecule has 0 heterocycles. The Bertz CT molecular complexity index is 321. The molecule has 0 saturated carbocycles. The van der Waals surface area contributed by atoms with Gasteiger partial charge < -0.3 is 34.8 Å². The zero-order valence-corrected chi connectivity index (χ0v) is 14.6. The Balaban J connectivity index is 0. The van der Waals surface area contributed by atoms with Crippen LogP contribution in [0.15, 0.2) is 0 Å². The Labute approximate surface area is 162 Å². The predicted octanol–water partition coefficient (Wildman–Crippen LogP) is -9.07. The first-order valence-corrected chi connectivity index (χ1v) is 5.46. The normalized spacial score (nSPS) is 10.2. The molecule has 0 rings (SSSR count). The van der Waals surface area contributed by atoms with Crippen LogP contribution in [0, 0.1) is 0 Å². The Morgan fingerprint density at radius 3 is 1.24 bits per heavy atom. The zero-order chi connectivity index (χ0) is 15.7. The third-order valence-electron chi connectivity index (χ3n) is 2.15. The summed E-state index contributed by atoms with van der Waals surface area (Å²) in [5.74, 6) is -5.82. The van der Waals surface area contributed by atoms with Gasteiger partial charge in [0.25, 0.3) is 0 Å². The van der Waals surface area contributed by atoms with Gasteiger partial charge in [-0.05, 0) is 0 Å². The number of hydrogen-bond donors (Lipinski definition) is 1. The average Bonchev–Trinajstić information content (AvgIpc) is 2.22. The first kappa shape index (κ1) is 22.7. The molecule has 0 bridgehead atoms. The first-order valence-electron chi connectivity index (χ1n) is 5.46. The van der Waals surface area contributed by atoms with Crippen molar-refractivity contribution in [2.75, 3.05) is 39.3 Å². The van der Waals surface area contributed by atoms with Gasteiger partial charge in [-0.15, -0.1) is 0 Å². The minimum absolute atomic E-state index is 0. The minimum Gasteiger partial charge on any atom is -0.549 e. The third kappa shape index (κ3) is 14.1. The van der Waals surface area contributed by atoms with Gasteiger partial charge in [0.05, 0.1) is 24.5 Å². The second kappa shape index (κ2) is 12.0. The van der Waals surface area contributed by atoms with E-state index < -0.39 is 50.1 Å². The van der Waals surface area contributed by atoms with Crippen molar-refractivity contribution in [2.24, 2.45) is 0 Å². The molecule has 0 aromatic carbocycles. The van der Waals surface area contributed by atoms with Crippen LogP contribution in [0.3, 0.4) is 0 Å². The van der Waals surface area contributed by atoms with Gasteiger partial charge in [-0.3, -0.25) is 14.6 Å². The predicted molar refractivity (Wildman–Crippen MR) is 55.5 cm³/mol. The van der Waals surface area contributed by atoms with Gasteiger partial charge in [-0.1, -0.05) is 0 Å². The molecule has 0 aromatic rings. The number of hydrogen-bond acceptors (Lipinski definition) is 9. The topological polar surface area (TPSA) is 164 Å². The van der Waals surface area contributed by atoms with Crippen LogP contribution in [0.4, 0.5) is 0 Å². The smallest absolute Gasteiger partial charge is 0.549 e. The molecule has 1 N–H and O–H groups in total. The van der Waals surface area contributed by atoms with Gasteiger partial charge in [-0.25, -0.2) is 0 Å². The summed E-state index contributed by atoms with van der Waals surface area (Å²) in [7, 11) is 0. The maximum Gasteiger partial charge on any atom is 1.00 e. The quantitative estimate of drug-likeness (QED) is 0.360. The standard InChI is InChI=1S/C10H16N2O8.K/c13-7(14)3-11(4-8(15)16)1-2-12(5-9(17)18)6-10(19)20;/h1-6H2,(H,13,14)(H,15,16)(H,17,18)(H,19,20);/q;+1/p-3. The summed E-state index contributed by atoms with van der Waals surface area (Å²) in [4.78, 5) is 43.7. The number of carboxylic acid groups (broad SMARTS) is 4. The Kier molecular flexibility index (Phi) is 13.0. The molecule has 0 radical (unpaired) electrons. The summed E-state index contributed by atoms with van der Waals surface area (Å²) in [6.45, 7) is -3.00. The van der Waals surface area contributed by atoms with Gasteiger partial charge in [0.1, 0.15) is 0 Å². The zero-order valence-electron chi connectivity index (χ0n) is 11.4. The molecule has 0 unspecified atom stereocenters. The van der Waals surface area contributed by atoms with E-state index in [2.05, 4.69) is 0 Å². The summed E-state index contributed by atoms with van der Waals surface area (Å²) < 4.78 is 0. The molecule has 0 aromatic heterocycles. The molecule has 21 heavy (non-hydrogen) atoms. The molecule has 0 amide bonds. The molecule has 10 nitrogen and oxygen atoms in total. The summed E-state index contributed by atoms with van der Waals surface area (Å²) in [5.41, 5.74) is 0. The second-order valence-electron chi connectivity index (χ2n) is 3.93. The maximum absolute atomic E-state index is 10.5. The minimum atomic E-state index is -1.52. The van der Waals surface area contributed by atoms with Crippen LogP contribution in [-0.2, 0) is 19.2 Å². The van der Waals surface area contributed by atoms with Crippen LogP contribution >= 0.6 is 0 Å². The van der Waals surface area contributed by atoms with Crippen molar-refractivity contribution in [3.63, 3.8) is 0 Å². The number of aliphatic carboxylic acids is 4. The van der Waals surface area contributed by atoms with E-state index in [0.717, 1.165) is 9.80 Å². The van der Waals surface area contributed by atoms with E-state index in [1.54, 1.807) is 0 Å². The van der Waals surface area contributed by atoms with Crippen LogP contribution in [0.2, 0.25) is 0 Å². The van der Waals surface area contributed by atoms with Crippen LogP contribution in [0.25, 0.3) is 0 Å². The fourth-order valence-electron chi connectivity index (χ4n) is 1.45. The molecule has 0 atom stereocenters. The van der Waals surface area contributed by atoms with Gasteiger partial charge in [0.2, 0.25) is 0 Å². The fourth-order valence-corrected chi connectivity index (χ4v) is 1.45. The first-order chi connectivity index (χ1) is 9.20. The number of carboxylic acids is 4. The molecule has 11 heteroatoms. The van der Waals surface area contributed by atoms with E-state index >= 15 is 0 Å². The van der Waals surface area contributed by atoms with Crippen molar-refractivity contribution < 1.29 is 91.0 Å². The van der Waals surface area contributed by atoms with Gasteiger partial charge in [-0.2, -0.15) is 0 Å². The number of rotatable bonds is 11. The van der Waals surface area contributed by atoms with Crippen molar-refractivity contribution in [3.8, 4) is 0 Å². The molecular weight excluding hydrogens is 315 g/mol. The van der Waals surface area contributed by atoms with E-state index in [1.807, 2.05) is 0 Å². The molecule has 0 fully saturated rings. The number of nitrogens with zero attached hydrogens (tertiary/aromatic N) is 2. The van der Waals surface area contributed by atoms with E-state index in [9.17, 15) is 34.5 Å². The summed E-state index contributed by atoms with van der Waals surface area (Å²) >= 11 is 0. The molecule has 114 valence electrons. The van der Waals surface area contributed by atoms with Crippen molar-refractivity contribution >= 4 is 23.9 Å². The average molecular weight is 328 g/mol. The van der Waals surface area contributed by atoms with Crippen molar-refractivity contribution in [1.82, 2.24) is 9.80 Å². The molecule has 0 aliphatic heterocycles. The van der Waals surface area contributed by atoms with E-state index in [0.29, 0.717) is 0 Å². The number of carbonyl (C=O) groups is 4. The van der Waals surface area contributed by atoms with Crippen LogP contribution in [0.5, 0.6) is 0 Å².